The van der Waals surface area contributed by atoms with Crippen molar-refractivity contribution < 1.29 is 0 Å². The molecule has 0 aliphatic heterocycles. The standard InChI is InChI=1S/C34H24N4/c1-23-12-14-24(15-13-23)26-20-31(37-32(21-26)30-10-4-5-17-36-30)25-7-6-8-27(19-25)38-33-11-3-2-9-28(33)29-22-35-18-16-34(29)38/h2-22H,1H3. The SMILES string of the molecule is Cc1ccc(-c2cc(-c3cccc(-n4c5ccccc5c5cnccc54)c3)nc(-c3ccccn3)c2)cc1. The van der Waals surface area contributed by atoms with Crippen LogP contribution in [0, 0.1) is 6.92 Å². The van der Waals surface area contributed by atoms with Crippen LogP contribution in [0.4, 0.5) is 0 Å². The average molecular weight is 489 g/mol. The van der Waals surface area contributed by atoms with Crippen LogP contribution in [0.3, 0.4) is 0 Å². The Labute approximate surface area is 220 Å². The first-order chi connectivity index (χ1) is 18.7. The number of aromatic nitrogens is 4. The first-order valence-electron chi connectivity index (χ1n) is 12.7. The summed E-state index contributed by atoms with van der Waals surface area (Å²) in [5.74, 6) is 0. The Morgan fingerprint density at radius 1 is 0.553 bits per heavy atom. The van der Waals surface area contributed by atoms with E-state index in [1.54, 1.807) is 0 Å². The summed E-state index contributed by atoms with van der Waals surface area (Å²) in [5, 5.41) is 2.34. The van der Waals surface area contributed by atoms with Gasteiger partial charge in [0.05, 0.1) is 28.1 Å². The largest absolute Gasteiger partial charge is 0.309 e. The van der Waals surface area contributed by atoms with Crippen molar-refractivity contribution in [3.63, 3.8) is 0 Å². The first-order valence-corrected chi connectivity index (χ1v) is 12.7. The molecule has 0 N–H and O–H groups in total. The van der Waals surface area contributed by atoms with Crippen LogP contribution < -0.4 is 0 Å². The lowest BCUT2D eigenvalue weighted by Crippen LogP contribution is -1.96. The van der Waals surface area contributed by atoms with Crippen molar-refractivity contribution in [1.29, 1.82) is 0 Å². The third-order valence-electron chi connectivity index (χ3n) is 7.01. The van der Waals surface area contributed by atoms with Gasteiger partial charge in [-0.25, -0.2) is 4.98 Å². The van der Waals surface area contributed by atoms with Crippen molar-refractivity contribution in [3.05, 3.63) is 133 Å². The van der Waals surface area contributed by atoms with Crippen LogP contribution >= 0.6 is 0 Å². The van der Waals surface area contributed by atoms with E-state index in [4.69, 9.17) is 4.98 Å². The van der Waals surface area contributed by atoms with Gasteiger partial charge in [0.2, 0.25) is 0 Å². The molecule has 0 aliphatic rings. The highest BCUT2D eigenvalue weighted by molar-refractivity contribution is 6.08. The van der Waals surface area contributed by atoms with Crippen molar-refractivity contribution in [2.75, 3.05) is 0 Å². The van der Waals surface area contributed by atoms with E-state index in [1.807, 2.05) is 36.8 Å². The molecule has 3 aromatic carbocycles. The Morgan fingerprint density at radius 3 is 2.24 bits per heavy atom. The molecule has 4 aromatic heterocycles. The summed E-state index contributed by atoms with van der Waals surface area (Å²) in [6.45, 7) is 2.11. The molecule has 4 heteroatoms. The van der Waals surface area contributed by atoms with Gasteiger partial charge in [-0.1, -0.05) is 66.2 Å². The third-order valence-corrected chi connectivity index (χ3v) is 7.01. The molecule has 0 radical (unpaired) electrons. The molecule has 0 spiro atoms. The number of para-hydroxylation sites is 1. The zero-order chi connectivity index (χ0) is 25.5. The number of pyridine rings is 3. The normalized spacial score (nSPS) is 11.3. The molecule has 7 rings (SSSR count). The molecular formula is C34H24N4. The number of hydrogen-bond acceptors (Lipinski definition) is 3. The molecule has 0 atom stereocenters. The van der Waals surface area contributed by atoms with E-state index in [0.29, 0.717) is 0 Å². The lowest BCUT2D eigenvalue weighted by Gasteiger charge is -2.12. The number of hydrogen-bond donors (Lipinski definition) is 0. The van der Waals surface area contributed by atoms with Gasteiger partial charge in [-0.15, -0.1) is 0 Å². The number of rotatable bonds is 4. The van der Waals surface area contributed by atoms with Crippen molar-refractivity contribution in [2.45, 2.75) is 6.92 Å². The van der Waals surface area contributed by atoms with Crippen LogP contribution in [0.1, 0.15) is 5.56 Å². The molecule has 0 aliphatic carbocycles. The molecule has 38 heavy (non-hydrogen) atoms. The smallest absolute Gasteiger partial charge is 0.0899 e. The van der Waals surface area contributed by atoms with Crippen LogP contribution in [0.15, 0.2) is 128 Å². The molecule has 7 aromatic rings. The molecule has 4 nitrogen and oxygen atoms in total. The summed E-state index contributed by atoms with van der Waals surface area (Å²) in [5.41, 5.74) is 10.6. The van der Waals surface area contributed by atoms with Gasteiger partial charge < -0.3 is 4.57 Å². The fraction of sp³-hybridized carbons (Fsp3) is 0.0294. The molecule has 0 unspecified atom stereocenters. The van der Waals surface area contributed by atoms with Gasteiger partial charge in [-0.3, -0.25) is 9.97 Å². The molecule has 4 heterocycles. The highest BCUT2D eigenvalue weighted by atomic mass is 15.0. The summed E-state index contributed by atoms with van der Waals surface area (Å²) < 4.78 is 2.30. The van der Waals surface area contributed by atoms with E-state index in [1.165, 1.54) is 10.9 Å². The van der Waals surface area contributed by atoms with E-state index >= 15 is 0 Å². The Balaban J connectivity index is 1.43. The van der Waals surface area contributed by atoms with Crippen molar-refractivity contribution in [3.8, 4) is 39.5 Å². The van der Waals surface area contributed by atoms with Crippen molar-refractivity contribution in [1.82, 2.24) is 19.5 Å². The van der Waals surface area contributed by atoms with E-state index in [-0.39, 0.29) is 0 Å². The van der Waals surface area contributed by atoms with Crippen LogP contribution in [0.25, 0.3) is 61.3 Å². The zero-order valence-corrected chi connectivity index (χ0v) is 20.9. The summed E-state index contributed by atoms with van der Waals surface area (Å²) in [6.07, 6.45) is 5.62. The molecule has 180 valence electrons. The number of aryl methyl sites for hydroxylation is 1. The summed E-state index contributed by atoms with van der Waals surface area (Å²) in [7, 11) is 0. The van der Waals surface area contributed by atoms with Gasteiger partial charge in [0.15, 0.2) is 0 Å². The van der Waals surface area contributed by atoms with Crippen molar-refractivity contribution >= 4 is 21.8 Å². The summed E-state index contributed by atoms with van der Waals surface area (Å²) in [4.78, 5) is 14.1. The molecule has 0 saturated heterocycles. The van der Waals surface area contributed by atoms with E-state index in [0.717, 1.165) is 55.9 Å². The second-order valence-corrected chi connectivity index (χ2v) is 9.50. The quantitative estimate of drug-likeness (QED) is 0.250. The number of benzene rings is 3. The topological polar surface area (TPSA) is 43.6 Å². The summed E-state index contributed by atoms with van der Waals surface area (Å²) >= 11 is 0. The van der Waals surface area contributed by atoms with Gasteiger partial charge in [-0.2, -0.15) is 0 Å². The number of nitrogens with zero attached hydrogens (tertiary/aromatic N) is 4. The molecule has 0 saturated carbocycles. The lowest BCUT2D eigenvalue weighted by atomic mass is 10.00. The maximum Gasteiger partial charge on any atom is 0.0899 e. The van der Waals surface area contributed by atoms with Crippen LogP contribution in [-0.2, 0) is 0 Å². The Kier molecular flexibility index (Phi) is 5.30. The minimum absolute atomic E-state index is 0.854. The van der Waals surface area contributed by atoms with Gasteiger partial charge in [0.1, 0.15) is 0 Å². The molecular weight excluding hydrogens is 464 g/mol. The van der Waals surface area contributed by atoms with Crippen molar-refractivity contribution in [2.24, 2.45) is 0 Å². The Bertz CT molecular complexity index is 1870. The third kappa shape index (κ3) is 3.84. The molecule has 0 amide bonds. The maximum atomic E-state index is 5.08. The van der Waals surface area contributed by atoms with E-state index in [2.05, 4.69) is 112 Å². The lowest BCUT2D eigenvalue weighted by molar-refractivity contribution is 1.17. The van der Waals surface area contributed by atoms with Gasteiger partial charge in [0.25, 0.3) is 0 Å². The van der Waals surface area contributed by atoms with Gasteiger partial charge in [0, 0.05) is 40.6 Å². The Morgan fingerprint density at radius 2 is 1.37 bits per heavy atom. The minimum atomic E-state index is 0.854. The predicted octanol–water partition coefficient (Wildman–Crippen LogP) is 8.28. The highest BCUT2D eigenvalue weighted by Gasteiger charge is 2.14. The van der Waals surface area contributed by atoms with Gasteiger partial charge in [-0.05, 0) is 66.6 Å². The van der Waals surface area contributed by atoms with Gasteiger partial charge >= 0.3 is 0 Å². The fourth-order valence-electron chi connectivity index (χ4n) is 5.13. The minimum Gasteiger partial charge on any atom is -0.309 e. The first kappa shape index (κ1) is 22.1. The van der Waals surface area contributed by atoms with E-state index < -0.39 is 0 Å². The molecule has 0 fully saturated rings. The van der Waals surface area contributed by atoms with Crippen LogP contribution in [0.2, 0.25) is 0 Å². The Hall–Kier alpha value is -5.09. The fourth-order valence-corrected chi connectivity index (χ4v) is 5.13. The maximum absolute atomic E-state index is 5.08. The summed E-state index contributed by atoms with van der Waals surface area (Å²) in [6, 6.07) is 38.0. The predicted molar refractivity (Wildman–Crippen MR) is 155 cm³/mol. The monoisotopic (exact) mass is 488 g/mol. The van der Waals surface area contributed by atoms with Crippen LogP contribution in [-0.4, -0.2) is 19.5 Å². The molecule has 0 bridgehead atoms. The van der Waals surface area contributed by atoms with Crippen LogP contribution in [0.5, 0.6) is 0 Å². The second kappa shape index (κ2) is 9.09. The highest BCUT2D eigenvalue weighted by Crippen LogP contribution is 2.34. The average Bonchev–Trinajstić information content (AvgIpc) is 3.32. The second-order valence-electron chi connectivity index (χ2n) is 9.50. The number of fused-ring (bicyclic) bond motifs is 3. The zero-order valence-electron chi connectivity index (χ0n) is 20.9. The van der Waals surface area contributed by atoms with E-state index in [9.17, 15) is 0 Å².